The van der Waals surface area contributed by atoms with Crippen molar-refractivity contribution in [3.05, 3.63) is 42.0 Å². The monoisotopic (exact) mass is 500 g/mol. The molecule has 4 aromatic rings. The molecule has 37 heavy (non-hydrogen) atoms. The number of nitrogens with zero attached hydrogens (tertiary/aromatic N) is 5. The molecule has 0 radical (unpaired) electrons. The number of pyridine rings is 1. The number of morpholine rings is 1. The van der Waals surface area contributed by atoms with E-state index in [4.69, 9.17) is 19.4 Å². The number of aryl methyl sites for hydroxylation is 1. The van der Waals surface area contributed by atoms with Crippen LogP contribution >= 0.6 is 0 Å². The molecule has 9 nitrogen and oxygen atoms in total. The van der Waals surface area contributed by atoms with Gasteiger partial charge >= 0.3 is 0 Å². The van der Waals surface area contributed by atoms with Crippen LogP contribution in [0.3, 0.4) is 0 Å². The third-order valence-electron chi connectivity index (χ3n) is 8.10. The van der Waals surface area contributed by atoms with Gasteiger partial charge in [-0.15, -0.1) is 0 Å². The van der Waals surface area contributed by atoms with E-state index in [-0.39, 0.29) is 18.1 Å². The zero-order chi connectivity index (χ0) is 25.1. The number of piperidine rings is 1. The highest BCUT2D eigenvalue weighted by atomic mass is 16.5. The molecule has 7 rings (SSSR count). The maximum absolute atomic E-state index is 13.4. The number of hydrogen-bond acceptors (Lipinski definition) is 6. The molecule has 9 heteroatoms. The minimum absolute atomic E-state index is 0.0547. The molecule has 3 aliphatic rings. The van der Waals surface area contributed by atoms with Crippen molar-refractivity contribution in [2.24, 2.45) is 13.0 Å². The van der Waals surface area contributed by atoms with Gasteiger partial charge in [-0.2, -0.15) is 4.98 Å². The second kappa shape index (κ2) is 8.85. The van der Waals surface area contributed by atoms with Crippen LogP contribution in [0.25, 0.3) is 33.6 Å². The molecule has 192 valence electrons. The highest BCUT2D eigenvalue weighted by Gasteiger charge is 2.34. The Bertz CT molecular complexity index is 1500. The topological polar surface area (TPSA) is 86.4 Å². The zero-order valence-electron chi connectivity index (χ0n) is 21.3. The first-order valence-electron chi connectivity index (χ1n) is 13.2. The van der Waals surface area contributed by atoms with E-state index < -0.39 is 0 Å². The number of aromatic nitrogens is 4. The van der Waals surface area contributed by atoms with Crippen LogP contribution in [0.4, 0.5) is 0 Å². The van der Waals surface area contributed by atoms with Crippen LogP contribution < -0.4 is 10.1 Å². The number of amides is 1. The van der Waals surface area contributed by atoms with Crippen molar-refractivity contribution in [3.63, 3.8) is 0 Å². The summed E-state index contributed by atoms with van der Waals surface area (Å²) in [5, 5.41) is 4.58. The molecule has 1 aliphatic carbocycles. The standard InChI is InChI=1S/C28H32N6O3/c1-32-22-7-5-19(28(35)33-11-9-24-21(16-33)29-10-12-37-24)13-20(22)30-27(32)23-14-18-6-8-25(36-2)31-26(18)34(23)15-17-3-4-17/h5-8,13-14,17,21,24,29H,3-4,9-12,15-16H2,1-2H3. The molecule has 3 aromatic heterocycles. The fraction of sp³-hybridized carbons (Fsp3) is 0.464. The smallest absolute Gasteiger partial charge is 0.253 e. The van der Waals surface area contributed by atoms with E-state index in [9.17, 15) is 4.79 Å². The van der Waals surface area contributed by atoms with Crippen LogP contribution in [0.1, 0.15) is 29.6 Å². The van der Waals surface area contributed by atoms with E-state index in [1.54, 1.807) is 7.11 Å². The van der Waals surface area contributed by atoms with Gasteiger partial charge in [0.2, 0.25) is 5.88 Å². The molecule has 1 aromatic carbocycles. The molecule has 1 N–H and O–H groups in total. The summed E-state index contributed by atoms with van der Waals surface area (Å²) in [7, 11) is 3.69. The average molecular weight is 501 g/mol. The molecule has 1 amide bonds. The molecular formula is C28H32N6O3. The Morgan fingerprint density at radius 1 is 1.16 bits per heavy atom. The summed E-state index contributed by atoms with van der Waals surface area (Å²) in [6.45, 7) is 3.89. The van der Waals surface area contributed by atoms with Crippen LogP contribution in [0.5, 0.6) is 5.88 Å². The number of rotatable bonds is 5. The number of hydrogen-bond donors (Lipinski definition) is 1. The summed E-state index contributed by atoms with van der Waals surface area (Å²) in [5.41, 5.74) is 4.47. The Labute approximate surface area is 215 Å². The van der Waals surface area contributed by atoms with Crippen molar-refractivity contribution < 1.29 is 14.3 Å². The summed E-state index contributed by atoms with van der Waals surface area (Å²) < 4.78 is 15.7. The summed E-state index contributed by atoms with van der Waals surface area (Å²) in [4.78, 5) is 25.2. The van der Waals surface area contributed by atoms with Gasteiger partial charge in [-0.25, -0.2) is 4.98 Å². The molecule has 0 bridgehead atoms. The molecular weight excluding hydrogens is 468 g/mol. The lowest BCUT2D eigenvalue weighted by Gasteiger charge is -2.41. The van der Waals surface area contributed by atoms with Gasteiger partial charge in [0.05, 0.1) is 42.6 Å². The van der Waals surface area contributed by atoms with Crippen LogP contribution in [0.15, 0.2) is 36.4 Å². The van der Waals surface area contributed by atoms with Crippen LogP contribution in [0.2, 0.25) is 0 Å². The van der Waals surface area contributed by atoms with E-state index in [1.807, 2.05) is 36.2 Å². The van der Waals surface area contributed by atoms with Crippen molar-refractivity contribution in [1.82, 2.24) is 29.3 Å². The maximum atomic E-state index is 13.4. The van der Waals surface area contributed by atoms with Gasteiger partial charge in [0.1, 0.15) is 5.65 Å². The second-order valence-corrected chi connectivity index (χ2v) is 10.6. The Hall–Kier alpha value is -3.43. The third-order valence-corrected chi connectivity index (χ3v) is 8.10. The van der Waals surface area contributed by atoms with E-state index in [1.165, 1.54) is 12.8 Å². The second-order valence-electron chi connectivity index (χ2n) is 10.6. The minimum atomic E-state index is 0.0547. The highest BCUT2D eigenvalue weighted by Crippen LogP contribution is 2.36. The van der Waals surface area contributed by atoms with Gasteiger partial charge in [-0.3, -0.25) is 4.79 Å². The Kier molecular flexibility index (Phi) is 5.44. The number of carbonyl (C=O) groups is 1. The van der Waals surface area contributed by atoms with Crippen LogP contribution in [-0.4, -0.2) is 75.4 Å². The number of methoxy groups -OCH3 is 1. The minimum Gasteiger partial charge on any atom is -0.481 e. The Balaban J connectivity index is 1.24. The Morgan fingerprint density at radius 3 is 2.89 bits per heavy atom. The number of carbonyl (C=O) groups excluding carboxylic acids is 1. The predicted molar refractivity (Wildman–Crippen MR) is 141 cm³/mol. The third kappa shape index (κ3) is 3.97. The molecule has 2 atom stereocenters. The average Bonchev–Trinajstić information content (AvgIpc) is 3.61. The van der Waals surface area contributed by atoms with Crippen molar-refractivity contribution in [2.45, 2.75) is 38.0 Å². The van der Waals surface area contributed by atoms with Crippen molar-refractivity contribution in [3.8, 4) is 17.4 Å². The fourth-order valence-electron chi connectivity index (χ4n) is 5.86. The first kappa shape index (κ1) is 22.7. The van der Waals surface area contributed by atoms with Crippen LogP contribution in [0, 0.1) is 5.92 Å². The maximum Gasteiger partial charge on any atom is 0.253 e. The number of fused-ring (bicyclic) bond motifs is 3. The lowest BCUT2D eigenvalue weighted by molar-refractivity contribution is -0.0383. The summed E-state index contributed by atoms with van der Waals surface area (Å²) in [5.74, 6) is 2.22. The largest absolute Gasteiger partial charge is 0.481 e. The van der Waals surface area contributed by atoms with E-state index in [0.717, 1.165) is 59.7 Å². The number of nitrogens with one attached hydrogen (secondary N) is 1. The molecule has 2 aliphatic heterocycles. The SMILES string of the molecule is COc1ccc2cc(-c3nc4cc(C(=O)N5CCC6OCCNC6C5)ccc4n3C)n(CC3CC3)c2n1. The predicted octanol–water partition coefficient (Wildman–Crippen LogP) is 3.21. The van der Waals surface area contributed by atoms with Gasteiger partial charge in [0.15, 0.2) is 5.82 Å². The van der Waals surface area contributed by atoms with E-state index >= 15 is 0 Å². The molecule has 1 saturated carbocycles. The Morgan fingerprint density at radius 2 is 2.05 bits per heavy atom. The summed E-state index contributed by atoms with van der Waals surface area (Å²) >= 11 is 0. The molecule has 2 unspecified atom stereocenters. The number of ether oxygens (including phenoxy) is 2. The highest BCUT2D eigenvalue weighted by molar-refractivity contribution is 5.98. The normalized spacial score (nSPS) is 21.9. The van der Waals surface area contributed by atoms with Crippen molar-refractivity contribution in [2.75, 3.05) is 33.4 Å². The van der Waals surface area contributed by atoms with Gasteiger partial charge < -0.3 is 28.8 Å². The number of imidazole rings is 1. The fourth-order valence-corrected chi connectivity index (χ4v) is 5.86. The first-order chi connectivity index (χ1) is 18.1. The van der Waals surface area contributed by atoms with Gasteiger partial charge in [-0.05, 0) is 55.5 Å². The first-order valence-corrected chi connectivity index (χ1v) is 13.2. The lowest BCUT2D eigenvalue weighted by atomic mass is 9.99. The van der Waals surface area contributed by atoms with Gasteiger partial charge in [-0.1, -0.05) is 0 Å². The van der Waals surface area contributed by atoms with Crippen molar-refractivity contribution in [1.29, 1.82) is 0 Å². The molecule has 0 spiro atoms. The molecule has 5 heterocycles. The number of benzene rings is 1. The quantitative estimate of drug-likeness (QED) is 0.453. The summed E-state index contributed by atoms with van der Waals surface area (Å²) in [6.07, 6.45) is 3.56. The van der Waals surface area contributed by atoms with Crippen molar-refractivity contribution >= 4 is 28.0 Å². The lowest BCUT2D eigenvalue weighted by Crippen LogP contribution is -2.59. The zero-order valence-corrected chi connectivity index (χ0v) is 21.3. The summed E-state index contributed by atoms with van der Waals surface area (Å²) in [6, 6.07) is 12.2. The van der Waals surface area contributed by atoms with E-state index in [0.29, 0.717) is 30.5 Å². The molecule has 3 fully saturated rings. The van der Waals surface area contributed by atoms with Crippen LogP contribution in [-0.2, 0) is 18.3 Å². The molecule has 2 saturated heterocycles. The van der Waals surface area contributed by atoms with Gasteiger partial charge in [0.25, 0.3) is 5.91 Å². The van der Waals surface area contributed by atoms with E-state index in [2.05, 4.69) is 26.6 Å². The number of likely N-dealkylation sites (tertiary alicyclic amines) is 1. The van der Waals surface area contributed by atoms with Gasteiger partial charge in [0, 0.05) is 50.2 Å².